The molecule has 0 amide bonds. The van der Waals surface area contributed by atoms with Gasteiger partial charge < -0.3 is 4.74 Å². The van der Waals surface area contributed by atoms with Gasteiger partial charge in [-0.1, -0.05) is 36.1 Å². The zero-order valence-corrected chi connectivity index (χ0v) is 21.8. The fraction of sp³-hybridized carbons (Fsp3) is 0.188. The molecule has 0 aromatic heterocycles. The van der Waals surface area contributed by atoms with Gasteiger partial charge in [-0.3, -0.25) is 0 Å². The van der Waals surface area contributed by atoms with E-state index in [-0.39, 0.29) is 11.6 Å². The van der Waals surface area contributed by atoms with E-state index in [1.54, 1.807) is 12.1 Å². The number of hydrogen-bond acceptors (Lipinski definition) is 1. The second kappa shape index (κ2) is 12.6. The summed E-state index contributed by atoms with van der Waals surface area (Å²) in [6.45, 7) is 1.92. The van der Waals surface area contributed by atoms with Gasteiger partial charge in [0.1, 0.15) is 35.0 Å². The molecule has 10 heteroatoms. The van der Waals surface area contributed by atoms with Crippen LogP contribution in [0.1, 0.15) is 47.1 Å². The lowest BCUT2D eigenvalue weighted by atomic mass is 9.89. The van der Waals surface area contributed by atoms with Crippen LogP contribution in [-0.4, -0.2) is 6.17 Å². The van der Waals surface area contributed by atoms with Gasteiger partial charge in [0.05, 0.1) is 5.92 Å². The third-order valence-corrected chi connectivity index (χ3v) is 6.30. The minimum Gasteiger partial charge on any atom is -0.429 e. The number of alkyl halides is 3. The first-order valence-electron chi connectivity index (χ1n) is 12.6. The van der Waals surface area contributed by atoms with Crippen LogP contribution < -0.4 is 0 Å². The lowest BCUT2D eigenvalue weighted by Gasteiger charge is -2.26. The summed E-state index contributed by atoms with van der Waals surface area (Å²) in [7, 11) is 0. The third kappa shape index (κ3) is 6.90. The highest BCUT2D eigenvalue weighted by Gasteiger charge is 2.43. The SMILES string of the molecule is C/C=C/CCc1ccc(C#Cc2cc(F)c(C(F)(F)OC3=CC(F)C(c4cc(F)c(F)c(F)c4)C(F)=C3)c(F)c2)cc1. The minimum atomic E-state index is -4.73. The fourth-order valence-corrected chi connectivity index (χ4v) is 4.28. The van der Waals surface area contributed by atoms with Crippen molar-refractivity contribution in [3.8, 4) is 11.8 Å². The van der Waals surface area contributed by atoms with Gasteiger partial charge in [0.25, 0.3) is 0 Å². The Labute approximate surface area is 235 Å². The summed E-state index contributed by atoms with van der Waals surface area (Å²) in [6, 6.07) is 8.92. The molecule has 1 aliphatic carbocycles. The van der Waals surface area contributed by atoms with E-state index in [1.165, 1.54) is 0 Å². The van der Waals surface area contributed by atoms with Crippen LogP contribution >= 0.6 is 0 Å². The first kappa shape index (κ1) is 30.6. The molecule has 1 nitrogen and oxygen atoms in total. The third-order valence-electron chi connectivity index (χ3n) is 6.30. The van der Waals surface area contributed by atoms with Crippen LogP contribution in [0.2, 0.25) is 0 Å². The predicted octanol–water partition coefficient (Wildman–Crippen LogP) is 9.23. The zero-order chi connectivity index (χ0) is 30.6. The highest BCUT2D eigenvalue weighted by molar-refractivity contribution is 5.45. The summed E-state index contributed by atoms with van der Waals surface area (Å²) < 4.78 is 133. The van der Waals surface area contributed by atoms with Gasteiger partial charge in [0.2, 0.25) is 0 Å². The van der Waals surface area contributed by atoms with Crippen molar-refractivity contribution in [3.05, 3.63) is 141 Å². The van der Waals surface area contributed by atoms with Crippen molar-refractivity contribution in [2.45, 2.75) is 38.0 Å². The number of halogens is 9. The average molecular weight is 593 g/mol. The predicted molar refractivity (Wildman–Crippen MR) is 138 cm³/mol. The molecule has 0 N–H and O–H groups in total. The lowest BCUT2D eigenvalue weighted by Crippen LogP contribution is -2.24. The van der Waals surface area contributed by atoms with Crippen molar-refractivity contribution >= 4 is 0 Å². The van der Waals surface area contributed by atoms with E-state index in [0.29, 0.717) is 35.9 Å². The van der Waals surface area contributed by atoms with Crippen LogP contribution in [0.25, 0.3) is 0 Å². The first-order valence-corrected chi connectivity index (χ1v) is 12.6. The maximum Gasteiger partial charge on any atom is 0.432 e. The Balaban J connectivity index is 1.51. The summed E-state index contributed by atoms with van der Waals surface area (Å²) in [4.78, 5) is 0. The molecule has 0 heterocycles. The molecule has 3 aromatic rings. The van der Waals surface area contributed by atoms with E-state index in [2.05, 4.69) is 16.6 Å². The molecule has 0 fully saturated rings. The fourth-order valence-electron chi connectivity index (χ4n) is 4.28. The van der Waals surface area contributed by atoms with E-state index in [4.69, 9.17) is 0 Å². The molecule has 0 saturated carbocycles. The maximum absolute atomic E-state index is 14.8. The summed E-state index contributed by atoms with van der Waals surface area (Å²) in [5, 5.41) is 0. The van der Waals surface area contributed by atoms with Crippen molar-refractivity contribution in [2.24, 2.45) is 0 Å². The highest BCUT2D eigenvalue weighted by atomic mass is 19.3. The molecule has 0 radical (unpaired) electrons. The summed E-state index contributed by atoms with van der Waals surface area (Å²) >= 11 is 0. The number of rotatable bonds is 7. The van der Waals surface area contributed by atoms with Gasteiger partial charge in [-0.25, -0.2) is 30.7 Å². The van der Waals surface area contributed by atoms with E-state index < -0.39 is 70.0 Å². The molecule has 218 valence electrons. The van der Waals surface area contributed by atoms with Crippen molar-refractivity contribution in [1.82, 2.24) is 0 Å². The molecule has 0 spiro atoms. The molecule has 1 aliphatic rings. The Morgan fingerprint density at radius 2 is 1.43 bits per heavy atom. The smallest absolute Gasteiger partial charge is 0.429 e. The number of allylic oxidation sites excluding steroid dienone is 5. The molecule has 0 saturated heterocycles. The number of ether oxygens (including phenoxy) is 1. The van der Waals surface area contributed by atoms with E-state index >= 15 is 0 Å². The Hall–Kier alpha value is -4.39. The van der Waals surface area contributed by atoms with Crippen molar-refractivity contribution in [3.63, 3.8) is 0 Å². The Morgan fingerprint density at radius 3 is 2.00 bits per heavy atom. The minimum absolute atomic E-state index is 0.255. The standard InChI is InChI=1S/C32H21F9O/c1-2-3-4-5-18-6-8-19(9-7-18)10-11-20-12-25(35)30(26(36)13-20)32(40,41)42-22-16-23(33)29(24(34)17-22)21-14-27(37)31(39)28(38)15-21/h2-3,6-9,12-17,23,29H,4-5H2,1H3/b3-2+. The second-order valence-corrected chi connectivity index (χ2v) is 9.31. The molecule has 42 heavy (non-hydrogen) atoms. The van der Waals surface area contributed by atoms with Crippen LogP contribution in [0.15, 0.2) is 84.4 Å². The number of hydrogen-bond donors (Lipinski definition) is 0. The van der Waals surface area contributed by atoms with Crippen LogP contribution in [-0.2, 0) is 17.3 Å². The van der Waals surface area contributed by atoms with Gasteiger partial charge >= 0.3 is 6.11 Å². The van der Waals surface area contributed by atoms with Gasteiger partial charge in [-0.05, 0) is 73.4 Å². The van der Waals surface area contributed by atoms with Crippen molar-refractivity contribution in [2.75, 3.05) is 0 Å². The van der Waals surface area contributed by atoms with Gasteiger partial charge in [0, 0.05) is 17.2 Å². The van der Waals surface area contributed by atoms with Gasteiger partial charge in [-0.15, -0.1) is 0 Å². The molecule has 2 atom stereocenters. The van der Waals surface area contributed by atoms with Crippen LogP contribution in [0.5, 0.6) is 0 Å². The summed E-state index contributed by atoms with van der Waals surface area (Å²) in [5.74, 6) is -8.20. The van der Waals surface area contributed by atoms with E-state index in [1.807, 2.05) is 31.2 Å². The highest BCUT2D eigenvalue weighted by Crippen LogP contribution is 2.41. The average Bonchev–Trinajstić information content (AvgIpc) is 2.90. The Kier molecular flexibility index (Phi) is 9.20. The molecular weight excluding hydrogens is 571 g/mol. The number of benzene rings is 3. The van der Waals surface area contributed by atoms with Crippen molar-refractivity contribution in [1.29, 1.82) is 0 Å². The van der Waals surface area contributed by atoms with Crippen LogP contribution in [0.4, 0.5) is 39.5 Å². The maximum atomic E-state index is 14.8. The molecule has 0 bridgehead atoms. The zero-order valence-electron chi connectivity index (χ0n) is 21.8. The Bertz CT molecular complexity index is 1580. The monoisotopic (exact) mass is 592 g/mol. The molecule has 4 rings (SSSR count). The summed E-state index contributed by atoms with van der Waals surface area (Å²) in [5.41, 5.74) is -1.16. The molecule has 0 aliphatic heterocycles. The largest absolute Gasteiger partial charge is 0.432 e. The Morgan fingerprint density at radius 1 is 0.833 bits per heavy atom. The lowest BCUT2D eigenvalue weighted by molar-refractivity contribution is -0.225. The van der Waals surface area contributed by atoms with Crippen LogP contribution in [0, 0.1) is 40.9 Å². The van der Waals surface area contributed by atoms with E-state index in [9.17, 15) is 39.5 Å². The van der Waals surface area contributed by atoms with Gasteiger partial charge in [-0.2, -0.15) is 8.78 Å². The molecular formula is C32H21F9O. The summed E-state index contributed by atoms with van der Waals surface area (Å²) in [6.07, 6.45) is -0.993. The first-order chi connectivity index (χ1) is 19.9. The quantitative estimate of drug-likeness (QED) is 0.115. The topological polar surface area (TPSA) is 9.23 Å². The molecule has 2 unspecified atom stereocenters. The van der Waals surface area contributed by atoms with E-state index in [0.717, 1.165) is 18.4 Å². The van der Waals surface area contributed by atoms with Crippen LogP contribution in [0.3, 0.4) is 0 Å². The van der Waals surface area contributed by atoms with Gasteiger partial charge in [0.15, 0.2) is 17.5 Å². The van der Waals surface area contributed by atoms with Crippen molar-refractivity contribution < 1.29 is 44.3 Å². The number of aryl methyl sites for hydroxylation is 1. The second-order valence-electron chi connectivity index (χ2n) is 9.31. The molecule has 3 aromatic carbocycles. The normalized spacial score (nSPS) is 17.0.